The molecule has 0 saturated carbocycles. The van der Waals surface area contributed by atoms with Crippen LogP contribution >= 0.6 is 0 Å². The molecule has 4 heteroatoms. The Bertz CT molecular complexity index is 471. The molecular weight excluding hydrogens is 216 g/mol. The van der Waals surface area contributed by atoms with Gasteiger partial charge in [-0.25, -0.2) is 0 Å². The topological polar surface area (TPSA) is 47.2 Å². The lowest BCUT2D eigenvalue weighted by Gasteiger charge is -2.04. The molecule has 0 radical (unpaired) electrons. The normalized spacial score (nSPS) is 10.4. The lowest BCUT2D eigenvalue weighted by atomic mass is 10.2. The molecule has 0 unspecified atom stereocenters. The zero-order chi connectivity index (χ0) is 12.1. The van der Waals surface area contributed by atoms with Crippen LogP contribution in [0.15, 0.2) is 41.1 Å². The number of furan rings is 1. The molecule has 0 aliphatic heterocycles. The van der Waals surface area contributed by atoms with E-state index in [9.17, 15) is 4.79 Å². The van der Waals surface area contributed by atoms with E-state index in [1.165, 1.54) is 0 Å². The number of nitrogens with one attached hydrogen (secondary N) is 1. The first kappa shape index (κ1) is 11.5. The van der Waals surface area contributed by atoms with Gasteiger partial charge < -0.3 is 14.3 Å². The van der Waals surface area contributed by atoms with Crippen molar-refractivity contribution in [2.45, 2.75) is 19.4 Å². The number of amides is 1. The van der Waals surface area contributed by atoms with Crippen LogP contribution in [-0.2, 0) is 24.8 Å². The van der Waals surface area contributed by atoms with E-state index in [1.54, 1.807) is 6.26 Å². The van der Waals surface area contributed by atoms with Gasteiger partial charge in [0.1, 0.15) is 5.76 Å². The maximum atomic E-state index is 11.6. The summed E-state index contributed by atoms with van der Waals surface area (Å²) in [6.07, 6.45) is 4.84. The predicted molar refractivity (Wildman–Crippen MR) is 64.3 cm³/mol. The summed E-state index contributed by atoms with van der Waals surface area (Å²) in [4.78, 5) is 11.6. The van der Waals surface area contributed by atoms with Crippen molar-refractivity contribution in [1.82, 2.24) is 9.88 Å². The first-order valence-electron chi connectivity index (χ1n) is 5.65. The Labute approximate surface area is 100 Å². The molecule has 1 N–H and O–H groups in total. The third-order valence-electron chi connectivity index (χ3n) is 2.70. The van der Waals surface area contributed by atoms with E-state index in [0.29, 0.717) is 13.0 Å². The van der Waals surface area contributed by atoms with Gasteiger partial charge in [-0.1, -0.05) is 0 Å². The summed E-state index contributed by atoms with van der Waals surface area (Å²) in [6, 6.07) is 7.67. The third kappa shape index (κ3) is 3.24. The number of carbonyl (C=O) groups excluding carboxylic acids is 1. The molecule has 2 aromatic heterocycles. The van der Waals surface area contributed by atoms with Crippen molar-refractivity contribution < 1.29 is 9.21 Å². The fraction of sp³-hybridized carbons (Fsp3) is 0.308. The smallest absolute Gasteiger partial charge is 0.220 e. The Morgan fingerprint density at radius 3 is 2.94 bits per heavy atom. The second-order valence-electron chi connectivity index (χ2n) is 3.97. The number of nitrogens with zero attached hydrogens (tertiary/aromatic N) is 1. The molecule has 17 heavy (non-hydrogen) atoms. The Balaban J connectivity index is 1.73. The van der Waals surface area contributed by atoms with Crippen molar-refractivity contribution in [3.8, 4) is 0 Å². The number of hydrogen-bond donors (Lipinski definition) is 1. The van der Waals surface area contributed by atoms with Gasteiger partial charge in [-0.15, -0.1) is 0 Å². The van der Waals surface area contributed by atoms with Crippen LogP contribution in [-0.4, -0.2) is 10.5 Å². The van der Waals surface area contributed by atoms with Crippen molar-refractivity contribution in [2.24, 2.45) is 7.05 Å². The SMILES string of the molecule is Cn1cccc1CCC(=O)NCc1ccco1. The Morgan fingerprint density at radius 1 is 1.41 bits per heavy atom. The summed E-state index contributed by atoms with van der Waals surface area (Å²) in [5, 5.41) is 2.83. The third-order valence-corrected chi connectivity index (χ3v) is 2.70. The van der Waals surface area contributed by atoms with Gasteiger partial charge in [0.05, 0.1) is 12.8 Å². The zero-order valence-corrected chi connectivity index (χ0v) is 9.85. The Morgan fingerprint density at radius 2 is 2.29 bits per heavy atom. The Hall–Kier alpha value is -1.97. The largest absolute Gasteiger partial charge is 0.467 e. The van der Waals surface area contributed by atoms with E-state index in [1.807, 2.05) is 42.1 Å². The van der Waals surface area contributed by atoms with Gasteiger partial charge in [-0.05, 0) is 30.7 Å². The van der Waals surface area contributed by atoms with E-state index in [-0.39, 0.29) is 5.91 Å². The second kappa shape index (κ2) is 5.39. The highest BCUT2D eigenvalue weighted by Crippen LogP contribution is 2.04. The molecule has 2 aromatic rings. The molecule has 0 aliphatic rings. The van der Waals surface area contributed by atoms with Crippen LogP contribution in [0.1, 0.15) is 17.9 Å². The van der Waals surface area contributed by atoms with Gasteiger partial charge in [0, 0.05) is 25.4 Å². The number of aromatic nitrogens is 1. The van der Waals surface area contributed by atoms with Gasteiger partial charge in [0.25, 0.3) is 0 Å². The minimum Gasteiger partial charge on any atom is -0.467 e. The van der Waals surface area contributed by atoms with Crippen LogP contribution < -0.4 is 5.32 Å². The molecule has 0 aromatic carbocycles. The van der Waals surface area contributed by atoms with Gasteiger partial charge >= 0.3 is 0 Å². The van der Waals surface area contributed by atoms with Gasteiger partial charge in [-0.3, -0.25) is 4.79 Å². The summed E-state index contributed by atoms with van der Waals surface area (Å²) in [5.74, 6) is 0.819. The molecule has 0 saturated heterocycles. The molecule has 90 valence electrons. The van der Waals surface area contributed by atoms with Crippen molar-refractivity contribution in [2.75, 3.05) is 0 Å². The van der Waals surface area contributed by atoms with Gasteiger partial charge in [0.15, 0.2) is 0 Å². The van der Waals surface area contributed by atoms with Crippen LogP contribution in [0, 0.1) is 0 Å². The number of rotatable bonds is 5. The second-order valence-corrected chi connectivity index (χ2v) is 3.97. The predicted octanol–water partition coefficient (Wildman–Crippen LogP) is 1.87. The van der Waals surface area contributed by atoms with Crippen LogP contribution in [0.25, 0.3) is 0 Å². The van der Waals surface area contributed by atoms with Crippen LogP contribution in [0.4, 0.5) is 0 Å². The fourth-order valence-electron chi connectivity index (χ4n) is 1.69. The number of hydrogen-bond acceptors (Lipinski definition) is 2. The van der Waals surface area contributed by atoms with E-state index in [4.69, 9.17) is 4.42 Å². The summed E-state index contributed by atoms with van der Waals surface area (Å²) in [6.45, 7) is 0.457. The molecular formula is C13H16N2O2. The maximum absolute atomic E-state index is 11.6. The highest BCUT2D eigenvalue weighted by Gasteiger charge is 2.04. The molecule has 4 nitrogen and oxygen atoms in total. The molecule has 0 fully saturated rings. The lowest BCUT2D eigenvalue weighted by Crippen LogP contribution is -2.23. The Kier molecular flexibility index (Phi) is 3.65. The average Bonchev–Trinajstić information content (AvgIpc) is 2.95. The number of aryl methyl sites for hydroxylation is 2. The van der Waals surface area contributed by atoms with Crippen molar-refractivity contribution in [3.63, 3.8) is 0 Å². The van der Waals surface area contributed by atoms with Crippen molar-refractivity contribution in [1.29, 1.82) is 0 Å². The summed E-state index contributed by atoms with van der Waals surface area (Å²) in [7, 11) is 1.98. The van der Waals surface area contributed by atoms with Crippen molar-refractivity contribution in [3.05, 3.63) is 48.2 Å². The highest BCUT2D eigenvalue weighted by molar-refractivity contribution is 5.76. The van der Waals surface area contributed by atoms with Gasteiger partial charge in [0.2, 0.25) is 5.91 Å². The highest BCUT2D eigenvalue weighted by atomic mass is 16.3. The van der Waals surface area contributed by atoms with Crippen molar-refractivity contribution >= 4 is 5.91 Å². The standard InChI is InChI=1S/C13H16N2O2/c1-15-8-2-4-11(15)6-7-13(16)14-10-12-5-3-9-17-12/h2-5,8-9H,6-7,10H2,1H3,(H,14,16). The molecule has 2 heterocycles. The summed E-state index contributed by atoms with van der Waals surface area (Å²) < 4.78 is 7.16. The monoisotopic (exact) mass is 232 g/mol. The minimum atomic E-state index is 0.0441. The first-order chi connectivity index (χ1) is 8.25. The fourth-order valence-corrected chi connectivity index (χ4v) is 1.69. The first-order valence-corrected chi connectivity index (χ1v) is 5.65. The van der Waals surface area contributed by atoms with Crippen LogP contribution in [0.2, 0.25) is 0 Å². The van der Waals surface area contributed by atoms with E-state index < -0.39 is 0 Å². The summed E-state index contributed by atoms with van der Waals surface area (Å²) >= 11 is 0. The maximum Gasteiger partial charge on any atom is 0.220 e. The molecule has 1 amide bonds. The molecule has 0 spiro atoms. The van der Waals surface area contributed by atoms with E-state index in [0.717, 1.165) is 17.9 Å². The van der Waals surface area contributed by atoms with Crippen LogP contribution in [0.5, 0.6) is 0 Å². The molecule has 0 bridgehead atoms. The molecule has 2 rings (SSSR count). The summed E-state index contributed by atoms with van der Waals surface area (Å²) in [5.41, 5.74) is 1.16. The van der Waals surface area contributed by atoms with E-state index >= 15 is 0 Å². The lowest BCUT2D eigenvalue weighted by molar-refractivity contribution is -0.121. The van der Waals surface area contributed by atoms with Gasteiger partial charge in [-0.2, -0.15) is 0 Å². The average molecular weight is 232 g/mol. The zero-order valence-electron chi connectivity index (χ0n) is 9.85. The molecule has 0 atom stereocenters. The molecule has 0 aliphatic carbocycles. The number of carbonyl (C=O) groups is 1. The van der Waals surface area contributed by atoms with E-state index in [2.05, 4.69) is 5.32 Å². The van der Waals surface area contributed by atoms with Crippen LogP contribution in [0.3, 0.4) is 0 Å². The minimum absolute atomic E-state index is 0.0441. The quantitative estimate of drug-likeness (QED) is 0.855.